The molecule has 1 fully saturated rings. The summed E-state index contributed by atoms with van der Waals surface area (Å²) in [5.74, 6) is -0.527. The van der Waals surface area contributed by atoms with Crippen LogP contribution in [0.15, 0.2) is 43.0 Å². The van der Waals surface area contributed by atoms with E-state index in [1.165, 1.54) is 0 Å². The van der Waals surface area contributed by atoms with E-state index in [1.54, 1.807) is 25.5 Å². The number of ether oxygens (including phenoxy) is 1. The molecule has 6 nitrogen and oxygen atoms in total. The minimum absolute atomic E-state index is 0.111. The van der Waals surface area contributed by atoms with Crippen molar-refractivity contribution in [1.82, 2.24) is 14.5 Å². The van der Waals surface area contributed by atoms with Crippen molar-refractivity contribution in [2.75, 3.05) is 13.1 Å². The first-order chi connectivity index (χ1) is 12.1. The molecule has 0 N–H and O–H groups in total. The van der Waals surface area contributed by atoms with Crippen LogP contribution in [0.4, 0.5) is 0 Å². The van der Waals surface area contributed by atoms with Gasteiger partial charge in [-0.3, -0.25) is 4.79 Å². The van der Waals surface area contributed by atoms with Crippen LogP contribution >= 0.6 is 0 Å². The third-order valence-corrected chi connectivity index (χ3v) is 5.17. The molecule has 0 unspecified atom stereocenters. The van der Waals surface area contributed by atoms with Gasteiger partial charge in [0, 0.05) is 31.9 Å². The fourth-order valence-corrected chi connectivity index (χ4v) is 3.85. The standard InChI is InChI=1S/C19H21N3O3/c1-19(11-14-5-2-3-7-16(14)17(23)25-19)18(24)21-9-4-6-15(12-21)22-10-8-20-13-22/h2-3,5,7-8,10,13,15H,4,6,9,11-12H2,1H3/t15-,19+/m1/s1. The van der Waals surface area contributed by atoms with Gasteiger partial charge in [0.1, 0.15) is 0 Å². The topological polar surface area (TPSA) is 64.4 Å². The highest BCUT2D eigenvalue weighted by Crippen LogP contribution is 2.31. The smallest absolute Gasteiger partial charge is 0.339 e. The molecule has 1 amide bonds. The molecule has 3 heterocycles. The van der Waals surface area contributed by atoms with Gasteiger partial charge in [0.2, 0.25) is 0 Å². The van der Waals surface area contributed by atoms with Crippen LogP contribution in [0.2, 0.25) is 0 Å². The summed E-state index contributed by atoms with van der Waals surface area (Å²) in [7, 11) is 0. The molecule has 4 rings (SSSR count). The van der Waals surface area contributed by atoms with E-state index in [2.05, 4.69) is 4.98 Å². The lowest BCUT2D eigenvalue weighted by molar-refractivity contribution is -0.152. The van der Waals surface area contributed by atoms with Gasteiger partial charge in [-0.1, -0.05) is 18.2 Å². The number of nitrogens with zero attached hydrogens (tertiary/aromatic N) is 3. The summed E-state index contributed by atoms with van der Waals surface area (Å²) in [5.41, 5.74) is 0.294. The first-order valence-electron chi connectivity index (χ1n) is 8.65. The number of imidazole rings is 1. The molecular formula is C19H21N3O3. The second-order valence-electron chi connectivity index (χ2n) is 7.01. The number of likely N-dealkylation sites (tertiary alicyclic amines) is 1. The van der Waals surface area contributed by atoms with Crippen molar-refractivity contribution in [1.29, 1.82) is 0 Å². The average molecular weight is 339 g/mol. The van der Waals surface area contributed by atoms with Crippen molar-refractivity contribution >= 4 is 11.9 Å². The molecule has 2 aliphatic heterocycles. The molecule has 1 aromatic carbocycles. The van der Waals surface area contributed by atoms with Crippen molar-refractivity contribution in [3.63, 3.8) is 0 Å². The number of hydrogen-bond donors (Lipinski definition) is 0. The Bertz CT molecular complexity index is 802. The molecule has 2 aromatic rings. The van der Waals surface area contributed by atoms with Crippen LogP contribution in [0, 0.1) is 0 Å². The molecule has 6 heteroatoms. The zero-order chi connectivity index (χ0) is 17.4. The Morgan fingerprint density at radius 1 is 1.36 bits per heavy atom. The zero-order valence-corrected chi connectivity index (χ0v) is 14.2. The first kappa shape index (κ1) is 15.9. The Morgan fingerprint density at radius 2 is 2.20 bits per heavy atom. The summed E-state index contributed by atoms with van der Waals surface area (Å²) in [6.07, 6.45) is 7.82. The third-order valence-electron chi connectivity index (χ3n) is 5.17. The van der Waals surface area contributed by atoms with E-state index < -0.39 is 11.6 Å². The van der Waals surface area contributed by atoms with E-state index in [4.69, 9.17) is 4.74 Å². The molecule has 0 bridgehead atoms. The number of aromatic nitrogens is 2. The van der Waals surface area contributed by atoms with Crippen LogP contribution in [0.25, 0.3) is 0 Å². The molecule has 2 aliphatic rings. The number of amides is 1. The van der Waals surface area contributed by atoms with Crippen LogP contribution in [-0.2, 0) is 16.0 Å². The molecular weight excluding hydrogens is 318 g/mol. The van der Waals surface area contributed by atoms with Crippen molar-refractivity contribution in [3.8, 4) is 0 Å². The minimum atomic E-state index is -1.14. The second kappa shape index (κ2) is 6.02. The first-order valence-corrected chi connectivity index (χ1v) is 8.65. The predicted octanol–water partition coefficient (Wildman–Crippen LogP) is 2.22. The van der Waals surface area contributed by atoms with Gasteiger partial charge in [-0.2, -0.15) is 0 Å². The van der Waals surface area contributed by atoms with Crippen molar-refractivity contribution in [2.45, 2.75) is 37.8 Å². The number of esters is 1. The maximum absolute atomic E-state index is 13.2. The van der Waals surface area contributed by atoms with Gasteiger partial charge in [0.25, 0.3) is 5.91 Å². The van der Waals surface area contributed by atoms with Gasteiger partial charge in [0.15, 0.2) is 5.60 Å². The zero-order valence-electron chi connectivity index (χ0n) is 14.2. The normalized spacial score (nSPS) is 26.0. The number of cyclic esters (lactones) is 1. The summed E-state index contributed by atoms with van der Waals surface area (Å²) in [5, 5.41) is 0. The van der Waals surface area contributed by atoms with E-state index in [0.29, 0.717) is 25.1 Å². The lowest BCUT2D eigenvalue weighted by Gasteiger charge is -2.40. The summed E-state index contributed by atoms with van der Waals surface area (Å²) < 4.78 is 7.64. The SMILES string of the molecule is C[C@@]1(C(=O)N2CCC[C@@H](n3ccnc3)C2)Cc2ccccc2C(=O)O1. The predicted molar refractivity (Wildman–Crippen MR) is 91.0 cm³/mol. The van der Waals surface area contributed by atoms with Crippen molar-refractivity contribution < 1.29 is 14.3 Å². The van der Waals surface area contributed by atoms with E-state index in [9.17, 15) is 9.59 Å². The monoisotopic (exact) mass is 339 g/mol. The fraction of sp³-hybridized carbons (Fsp3) is 0.421. The van der Waals surface area contributed by atoms with Crippen LogP contribution in [0.3, 0.4) is 0 Å². The summed E-state index contributed by atoms with van der Waals surface area (Å²) >= 11 is 0. The molecule has 0 aliphatic carbocycles. The summed E-state index contributed by atoms with van der Waals surface area (Å²) in [4.78, 5) is 31.4. The number of fused-ring (bicyclic) bond motifs is 1. The minimum Gasteiger partial charge on any atom is -0.445 e. The summed E-state index contributed by atoms with van der Waals surface area (Å²) in [6.45, 7) is 3.03. The van der Waals surface area contributed by atoms with E-state index >= 15 is 0 Å². The van der Waals surface area contributed by atoms with Gasteiger partial charge < -0.3 is 14.2 Å². The Morgan fingerprint density at radius 3 is 3.00 bits per heavy atom. The van der Waals surface area contributed by atoms with E-state index in [-0.39, 0.29) is 11.9 Å². The van der Waals surface area contributed by atoms with Crippen LogP contribution in [0.1, 0.15) is 41.7 Å². The van der Waals surface area contributed by atoms with Crippen LogP contribution < -0.4 is 0 Å². The van der Waals surface area contributed by atoms with Crippen LogP contribution in [0.5, 0.6) is 0 Å². The number of carbonyl (C=O) groups is 2. The Balaban J connectivity index is 1.55. The molecule has 0 spiro atoms. The summed E-state index contributed by atoms with van der Waals surface area (Å²) in [6, 6.07) is 7.56. The van der Waals surface area contributed by atoms with Crippen molar-refractivity contribution in [3.05, 3.63) is 54.1 Å². The molecule has 25 heavy (non-hydrogen) atoms. The Kier molecular flexibility index (Phi) is 3.82. The highest BCUT2D eigenvalue weighted by molar-refractivity contribution is 5.97. The van der Waals surface area contributed by atoms with E-state index in [0.717, 1.165) is 18.4 Å². The Labute approximate surface area is 146 Å². The highest BCUT2D eigenvalue weighted by Gasteiger charge is 2.45. The molecule has 130 valence electrons. The molecule has 0 radical (unpaired) electrons. The highest BCUT2D eigenvalue weighted by atomic mass is 16.6. The maximum atomic E-state index is 13.2. The van der Waals surface area contributed by atoms with E-state index in [1.807, 2.05) is 33.9 Å². The lowest BCUT2D eigenvalue weighted by atomic mass is 9.88. The van der Waals surface area contributed by atoms with Gasteiger partial charge >= 0.3 is 5.97 Å². The Hall–Kier alpha value is -2.63. The van der Waals surface area contributed by atoms with Gasteiger partial charge in [-0.25, -0.2) is 9.78 Å². The van der Waals surface area contributed by atoms with Crippen molar-refractivity contribution in [2.24, 2.45) is 0 Å². The molecule has 1 saturated heterocycles. The number of rotatable bonds is 2. The average Bonchev–Trinajstić information content (AvgIpc) is 3.16. The molecule has 1 aromatic heterocycles. The number of benzene rings is 1. The third kappa shape index (κ3) is 2.81. The number of hydrogen-bond acceptors (Lipinski definition) is 4. The molecule has 0 saturated carbocycles. The number of piperidine rings is 1. The quantitative estimate of drug-likeness (QED) is 0.787. The van der Waals surface area contributed by atoms with Crippen LogP contribution in [-0.4, -0.2) is 45.0 Å². The van der Waals surface area contributed by atoms with Gasteiger partial charge in [-0.15, -0.1) is 0 Å². The van der Waals surface area contributed by atoms with Gasteiger partial charge in [0.05, 0.1) is 17.9 Å². The fourth-order valence-electron chi connectivity index (χ4n) is 3.85. The maximum Gasteiger partial charge on any atom is 0.339 e. The van der Waals surface area contributed by atoms with Gasteiger partial charge in [-0.05, 0) is 31.4 Å². The number of carbonyl (C=O) groups excluding carboxylic acids is 2. The largest absolute Gasteiger partial charge is 0.445 e. The molecule has 2 atom stereocenters. The lowest BCUT2D eigenvalue weighted by Crippen LogP contribution is -2.55. The second-order valence-corrected chi connectivity index (χ2v) is 7.01.